The van der Waals surface area contributed by atoms with E-state index in [9.17, 15) is 0 Å². The van der Waals surface area contributed by atoms with Crippen LogP contribution in [0, 0.1) is 18.3 Å². The van der Waals surface area contributed by atoms with Crippen molar-refractivity contribution in [2.45, 2.75) is 51.6 Å². The van der Waals surface area contributed by atoms with Gasteiger partial charge in [0.1, 0.15) is 6.10 Å². The lowest BCUT2D eigenvalue weighted by atomic mass is 9.61. The minimum atomic E-state index is 0.298. The van der Waals surface area contributed by atoms with E-state index in [0.717, 1.165) is 22.9 Å². The van der Waals surface area contributed by atoms with Crippen molar-refractivity contribution in [1.29, 1.82) is 0 Å². The highest BCUT2D eigenvalue weighted by Gasteiger charge is 2.47. The largest absolute Gasteiger partial charge is 0.473 e. The van der Waals surface area contributed by atoms with Crippen LogP contribution in [0.5, 0.6) is 5.88 Å². The van der Waals surface area contributed by atoms with E-state index in [4.69, 9.17) is 4.74 Å². The Morgan fingerprint density at radius 1 is 1.13 bits per heavy atom. The van der Waals surface area contributed by atoms with Crippen molar-refractivity contribution in [3.8, 4) is 17.1 Å². The van der Waals surface area contributed by atoms with Crippen molar-refractivity contribution in [2.24, 2.45) is 18.4 Å². The first-order valence-electron chi connectivity index (χ1n) is 11.4. The lowest BCUT2D eigenvalue weighted by Crippen LogP contribution is -2.51. The van der Waals surface area contributed by atoms with E-state index >= 15 is 0 Å². The summed E-state index contributed by atoms with van der Waals surface area (Å²) in [7, 11) is 1.92. The molecular weight excluding hydrogens is 394 g/mol. The minimum Gasteiger partial charge on any atom is -0.473 e. The van der Waals surface area contributed by atoms with Gasteiger partial charge in [-0.1, -0.05) is 0 Å². The van der Waals surface area contributed by atoms with Crippen molar-refractivity contribution < 1.29 is 4.74 Å². The molecule has 0 N–H and O–H groups in total. The van der Waals surface area contributed by atoms with Crippen LogP contribution in [0.15, 0.2) is 18.3 Å². The molecule has 1 spiro atoms. The summed E-state index contributed by atoms with van der Waals surface area (Å²) >= 11 is 2.13. The summed E-state index contributed by atoms with van der Waals surface area (Å²) in [6, 6.07) is 3.94. The Morgan fingerprint density at radius 3 is 2.53 bits per heavy atom. The normalized spacial score (nSPS) is 22.9. The fraction of sp³-hybridized carbons (Fsp3) is 0.696. The fourth-order valence-electron chi connectivity index (χ4n) is 5.45. The van der Waals surface area contributed by atoms with Crippen molar-refractivity contribution in [2.75, 3.05) is 31.1 Å². The molecule has 0 bridgehead atoms. The van der Waals surface area contributed by atoms with Crippen molar-refractivity contribution in [1.82, 2.24) is 24.9 Å². The van der Waals surface area contributed by atoms with Gasteiger partial charge in [-0.05, 0) is 87.4 Å². The molecule has 0 amide bonds. The Bertz CT molecular complexity index is 845. The number of ether oxygens (including phenoxy) is 1. The van der Waals surface area contributed by atoms with Crippen LogP contribution < -0.4 is 4.74 Å². The topological polar surface area (TPSA) is 56.1 Å². The minimum absolute atomic E-state index is 0.298. The first-order valence-corrected chi connectivity index (χ1v) is 12.6. The average Bonchev–Trinajstić information content (AvgIpc) is 3.08. The highest BCUT2D eigenvalue weighted by molar-refractivity contribution is 7.99. The summed E-state index contributed by atoms with van der Waals surface area (Å²) < 4.78 is 7.95. The highest BCUT2D eigenvalue weighted by atomic mass is 32.2. The van der Waals surface area contributed by atoms with Crippen molar-refractivity contribution in [3.63, 3.8) is 0 Å². The standard InChI is InChI=1S/C23H33N5OS/c1-17-20(16-27(2)26-17)21-3-4-22(25-24-21)29-19-13-23(14-19)7-9-28(10-8-23)15-18-5-11-30-12-6-18/h3-4,16,18-19H,5-15H2,1-2H3. The molecule has 0 aromatic carbocycles. The van der Waals surface area contributed by atoms with Crippen LogP contribution in [0.3, 0.4) is 0 Å². The maximum Gasteiger partial charge on any atom is 0.233 e. The quantitative estimate of drug-likeness (QED) is 0.720. The maximum atomic E-state index is 6.14. The van der Waals surface area contributed by atoms with Crippen LogP contribution in [-0.4, -0.2) is 62.1 Å². The third kappa shape index (κ3) is 4.37. The molecule has 5 rings (SSSR count). The molecule has 0 unspecified atom stereocenters. The molecule has 0 atom stereocenters. The molecule has 162 valence electrons. The van der Waals surface area contributed by atoms with Crippen LogP contribution in [0.2, 0.25) is 0 Å². The number of likely N-dealkylation sites (tertiary alicyclic amines) is 1. The molecule has 4 heterocycles. The van der Waals surface area contributed by atoms with Gasteiger partial charge in [-0.3, -0.25) is 4.68 Å². The summed E-state index contributed by atoms with van der Waals surface area (Å²) in [5, 5.41) is 13.1. The zero-order valence-corrected chi connectivity index (χ0v) is 19.0. The van der Waals surface area contributed by atoms with E-state index in [1.54, 1.807) is 0 Å². The molecule has 2 aliphatic heterocycles. The molecule has 6 nitrogen and oxygen atoms in total. The van der Waals surface area contributed by atoms with Crippen LogP contribution in [0.25, 0.3) is 11.3 Å². The molecule has 7 heteroatoms. The molecule has 2 aromatic heterocycles. The third-order valence-electron chi connectivity index (χ3n) is 7.31. The van der Waals surface area contributed by atoms with E-state index in [0.29, 0.717) is 17.4 Å². The molecular formula is C23H33N5OS. The molecule has 1 aliphatic carbocycles. The first-order chi connectivity index (χ1) is 14.6. The third-order valence-corrected chi connectivity index (χ3v) is 8.36. The van der Waals surface area contributed by atoms with Gasteiger partial charge >= 0.3 is 0 Å². The summed E-state index contributed by atoms with van der Waals surface area (Å²) in [6.45, 7) is 5.87. The fourth-order valence-corrected chi connectivity index (χ4v) is 6.65. The molecule has 2 saturated heterocycles. The number of hydrogen-bond donors (Lipinski definition) is 0. The summed E-state index contributed by atoms with van der Waals surface area (Å²) in [5.41, 5.74) is 3.36. The number of hydrogen-bond acceptors (Lipinski definition) is 6. The Morgan fingerprint density at radius 2 is 1.90 bits per heavy atom. The predicted octanol–water partition coefficient (Wildman–Crippen LogP) is 3.95. The van der Waals surface area contributed by atoms with Crippen LogP contribution in [0.1, 0.15) is 44.2 Å². The Hall–Kier alpha value is -1.60. The summed E-state index contributed by atoms with van der Waals surface area (Å²) in [6.07, 6.45) is 10.1. The summed E-state index contributed by atoms with van der Waals surface area (Å²) in [5.74, 6) is 4.32. The van der Waals surface area contributed by atoms with E-state index in [1.165, 1.54) is 69.7 Å². The van der Waals surface area contributed by atoms with Gasteiger partial charge in [-0.15, -0.1) is 10.2 Å². The lowest BCUT2D eigenvalue weighted by molar-refractivity contribution is -0.0589. The second-order valence-corrected chi connectivity index (χ2v) is 10.8. The van der Waals surface area contributed by atoms with Crippen LogP contribution in [0.4, 0.5) is 0 Å². The van der Waals surface area contributed by atoms with Gasteiger partial charge in [0.2, 0.25) is 5.88 Å². The van der Waals surface area contributed by atoms with Crippen LogP contribution in [-0.2, 0) is 7.05 Å². The predicted molar refractivity (Wildman–Crippen MR) is 121 cm³/mol. The Kier molecular flexibility index (Phi) is 5.75. The molecule has 3 aliphatic rings. The van der Waals surface area contributed by atoms with Gasteiger partial charge < -0.3 is 9.64 Å². The molecule has 3 fully saturated rings. The number of piperidine rings is 1. The second kappa shape index (κ2) is 8.50. The van der Waals surface area contributed by atoms with Gasteiger partial charge in [0.05, 0.1) is 11.4 Å². The number of thioether (sulfide) groups is 1. The van der Waals surface area contributed by atoms with E-state index in [2.05, 4.69) is 32.0 Å². The molecule has 30 heavy (non-hydrogen) atoms. The van der Waals surface area contributed by atoms with Gasteiger partial charge in [-0.2, -0.15) is 16.9 Å². The average molecular weight is 428 g/mol. The molecule has 2 aromatic rings. The SMILES string of the molecule is Cc1nn(C)cc1-c1ccc(OC2CC3(CCN(CC4CCSCC4)CC3)C2)nn1. The number of rotatable bonds is 5. The zero-order valence-electron chi connectivity index (χ0n) is 18.2. The second-order valence-electron chi connectivity index (χ2n) is 9.56. The monoisotopic (exact) mass is 427 g/mol. The van der Waals surface area contributed by atoms with Gasteiger partial charge in [0, 0.05) is 31.4 Å². The van der Waals surface area contributed by atoms with Gasteiger partial charge in [0.25, 0.3) is 0 Å². The molecule has 0 radical (unpaired) electrons. The number of aryl methyl sites for hydroxylation is 2. The van der Waals surface area contributed by atoms with E-state index in [1.807, 2.05) is 37.0 Å². The smallest absolute Gasteiger partial charge is 0.233 e. The van der Waals surface area contributed by atoms with Gasteiger partial charge in [0.15, 0.2) is 0 Å². The molecule has 1 saturated carbocycles. The first kappa shape index (κ1) is 20.3. The lowest BCUT2D eigenvalue weighted by Gasteiger charge is -2.52. The summed E-state index contributed by atoms with van der Waals surface area (Å²) in [4.78, 5) is 2.73. The maximum absolute atomic E-state index is 6.14. The van der Waals surface area contributed by atoms with Crippen molar-refractivity contribution in [3.05, 3.63) is 24.0 Å². The van der Waals surface area contributed by atoms with Crippen LogP contribution >= 0.6 is 11.8 Å². The van der Waals surface area contributed by atoms with Crippen molar-refractivity contribution >= 4 is 11.8 Å². The Labute approximate surface area is 183 Å². The number of nitrogens with zero attached hydrogens (tertiary/aromatic N) is 5. The highest BCUT2D eigenvalue weighted by Crippen LogP contribution is 2.50. The van der Waals surface area contributed by atoms with E-state index < -0.39 is 0 Å². The van der Waals surface area contributed by atoms with Gasteiger partial charge in [-0.25, -0.2) is 0 Å². The Balaban J connectivity index is 1.09. The zero-order chi connectivity index (χ0) is 20.6. The number of aromatic nitrogens is 4. The van der Waals surface area contributed by atoms with E-state index in [-0.39, 0.29) is 0 Å².